The normalized spacial score (nSPS) is 33.3. The van der Waals surface area contributed by atoms with Crippen LogP contribution in [0.4, 0.5) is 4.39 Å². The second-order valence-electron chi connectivity index (χ2n) is 5.12. The zero-order valence-corrected chi connectivity index (χ0v) is 9.90. The summed E-state index contributed by atoms with van der Waals surface area (Å²) in [5.41, 5.74) is -0.310. The molecule has 0 spiro atoms. The van der Waals surface area contributed by atoms with Crippen molar-refractivity contribution in [3.63, 3.8) is 0 Å². The van der Waals surface area contributed by atoms with Crippen molar-refractivity contribution in [3.05, 3.63) is 35.9 Å². The van der Waals surface area contributed by atoms with Crippen LogP contribution in [0.2, 0.25) is 0 Å². The molecule has 0 aromatic heterocycles. The van der Waals surface area contributed by atoms with Crippen LogP contribution < -0.4 is 0 Å². The number of rotatable bonds is 2. The van der Waals surface area contributed by atoms with Crippen LogP contribution in [-0.4, -0.2) is 16.7 Å². The van der Waals surface area contributed by atoms with Gasteiger partial charge in [0.1, 0.15) is 5.67 Å². The maximum atomic E-state index is 14.1. The molecule has 92 valence electrons. The Morgan fingerprint density at radius 2 is 2.06 bits per heavy atom. The average Bonchev–Trinajstić information content (AvgIpc) is 2.28. The summed E-state index contributed by atoms with van der Waals surface area (Å²) in [6, 6.07) is 9.41. The van der Waals surface area contributed by atoms with Crippen LogP contribution in [0.25, 0.3) is 0 Å². The van der Waals surface area contributed by atoms with Crippen molar-refractivity contribution in [1.29, 1.82) is 0 Å². The third-order valence-electron chi connectivity index (χ3n) is 3.65. The molecule has 3 heteroatoms. The van der Waals surface area contributed by atoms with E-state index in [9.17, 15) is 14.3 Å². The molecule has 0 amide bonds. The van der Waals surface area contributed by atoms with E-state index in [4.69, 9.17) is 0 Å². The van der Waals surface area contributed by atoms with Crippen molar-refractivity contribution in [2.24, 2.45) is 5.92 Å². The molecular weight excluding hydrogens is 219 g/mol. The van der Waals surface area contributed by atoms with Gasteiger partial charge in [0, 0.05) is 5.92 Å². The summed E-state index contributed by atoms with van der Waals surface area (Å²) in [6.45, 7) is 1.57. The summed E-state index contributed by atoms with van der Waals surface area (Å²) >= 11 is 0. The number of carboxylic acid groups (broad SMARTS) is 1. The quantitative estimate of drug-likeness (QED) is 0.854. The van der Waals surface area contributed by atoms with Crippen LogP contribution in [0.5, 0.6) is 0 Å². The van der Waals surface area contributed by atoms with Gasteiger partial charge < -0.3 is 5.11 Å². The van der Waals surface area contributed by atoms with Crippen molar-refractivity contribution >= 4 is 5.97 Å². The standard InChI is InChI=1S/C14H17FO2/c1-14(15)8-7-11(13(16)17)12(9-14)10-5-3-2-4-6-10/h2-6,11-12H,7-9H2,1H3,(H,16,17). The van der Waals surface area contributed by atoms with Crippen LogP contribution in [-0.2, 0) is 4.79 Å². The molecule has 0 bridgehead atoms. The van der Waals surface area contributed by atoms with Crippen LogP contribution in [0.15, 0.2) is 30.3 Å². The van der Waals surface area contributed by atoms with E-state index in [1.807, 2.05) is 30.3 Å². The molecule has 0 radical (unpaired) electrons. The van der Waals surface area contributed by atoms with Gasteiger partial charge in [-0.15, -0.1) is 0 Å². The Balaban J connectivity index is 2.29. The minimum absolute atomic E-state index is 0.211. The second-order valence-corrected chi connectivity index (χ2v) is 5.12. The summed E-state index contributed by atoms with van der Waals surface area (Å²) in [4.78, 5) is 11.2. The smallest absolute Gasteiger partial charge is 0.307 e. The lowest BCUT2D eigenvalue weighted by Crippen LogP contribution is -2.35. The van der Waals surface area contributed by atoms with E-state index < -0.39 is 17.6 Å². The summed E-state index contributed by atoms with van der Waals surface area (Å²) < 4.78 is 14.1. The summed E-state index contributed by atoms with van der Waals surface area (Å²) in [7, 11) is 0. The molecule has 1 saturated carbocycles. The van der Waals surface area contributed by atoms with Gasteiger partial charge in [-0.2, -0.15) is 0 Å². The van der Waals surface area contributed by atoms with Gasteiger partial charge >= 0.3 is 5.97 Å². The maximum Gasteiger partial charge on any atom is 0.307 e. The van der Waals surface area contributed by atoms with Crippen LogP contribution in [0, 0.1) is 5.92 Å². The Hall–Kier alpha value is -1.38. The third-order valence-corrected chi connectivity index (χ3v) is 3.65. The predicted molar refractivity (Wildman–Crippen MR) is 63.7 cm³/mol. The summed E-state index contributed by atoms with van der Waals surface area (Å²) in [5.74, 6) is -1.48. The number of hydrogen-bond acceptors (Lipinski definition) is 1. The molecule has 0 aliphatic heterocycles. The fourth-order valence-corrected chi connectivity index (χ4v) is 2.71. The van der Waals surface area contributed by atoms with Gasteiger partial charge in [0.2, 0.25) is 0 Å². The van der Waals surface area contributed by atoms with Crippen molar-refractivity contribution in [2.45, 2.75) is 37.8 Å². The number of carboxylic acids is 1. The number of benzene rings is 1. The first kappa shape index (κ1) is 12.1. The van der Waals surface area contributed by atoms with Crippen molar-refractivity contribution in [2.75, 3.05) is 0 Å². The lowest BCUT2D eigenvalue weighted by atomic mass is 9.70. The van der Waals surface area contributed by atoms with Gasteiger partial charge in [-0.3, -0.25) is 4.79 Å². The van der Waals surface area contributed by atoms with E-state index >= 15 is 0 Å². The molecule has 2 nitrogen and oxygen atoms in total. The Kier molecular flexibility index (Phi) is 3.18. The van der Waals surface area contributed by atoms with Gasteiger partial charge in [-0.25, -0.2) is 4.39 Å². The van der Waals surface area contributed by atoms with Gasteiger partial charge in [-0.05, 0) is 31.7 Å². The zero-order valence-electron chi connectivity index (χ0n) is 9.90. The van der Waals surface area contributed by atoms with Gasteiger partial charge in [-0.1, -0.05) is 30.3 Å². The van der Waals surface area contributed by atoms with E-state index in [1.54, 1.807) is 6.92 Å². The Morgan fingerprint density at radius 3 is 2.65 bits per heavy atom. The zero-order chi connectivity index (χ0) is 12.5. The largest absolute Gasteiger partial charge is 0.481 e. The molecule has 0 saturated heterocycles. The minimum atomic E-state index is -1.24. The Labute approximate surface area is 100 Å². The molecule has 1 fully saturated rings. The number of halogens is 1. The fourth-order valence-electron chi connectivity index (χ4n) is 2.71. The second kappa shape index (κ2) is 4.47. The molecule has 1 aromatic rings. The highest BCUT2D eigenvalue weighted by molar-refractivity contribution is 5.71. The SMILES string of the molecule is CC1(F)CCC(C(=O)O)C(c2ccccc2)C1. The predicted octanol–water partition coefficient (Wildman–Crippen LogP) is 3.38. The highest BCUT2D eigenvalue weighted by Gasteiger charge is 2.41. The Morgan fingerprint density at radius 1 is 1.41 bits per heavy atom. The molecule has 0 heterocycles. The molecule has 1 aliphatic rings. The van der Waals surface area contributed by atoms with Gasteiger partial charge in [0.25, 0.3) is 0 Å². The van der Waals surface area contributed by atoms with E-state index in [1.165, 1.54) is 0 Å². The van der Waals surface area contributed by atoms with E-state index in [0.717, 1.165) is 5.56 Å². The molecule has 1 aliphatic carbocycles. The monoisotopic (exact) mass is 236 g/mol. The molecule has 17 heavy (non-hydrogen) atoms. The van der Waals surface area contributed by atoms with Crippen molar-refractivity contribution in [1.82, 2.24) is 0 Å². The first-order valence-corrected chi connectivity index (χ1v) is 5.96. The van der Waals surface area contributed by atoms with Crippen LogP contribution >= 0.6 is 0 Å². The minimum Gasteiger partial charge on any atom is -0.481 e. The average molecular weight is 236 g/mol. The number of carbonyl (C=O) groups is 1. The first-order chi connectivity index (χ1) is 7.99. The molecule has 1 N–H and O–H groups in total. The van der Waals surface area contributed by atoms with E-state index in [-0.39, 0.29) is 5.92 Å². The molecule has 1 aromatic carbocycles. The topological polar surface area (TPSA) is 37.3 Å². The van der Waals surface area contributed by atoms with Crippen molar-refractivity contribution < 1.29 is 14.3 Å². The lowest BCUT2D eigenvalue weighted by Gasteiger charge is -2.36. The summed E-state index contributed by atoms with van der Waals surface area (Å²) in [6.07, 6.45) is 1.06. The maximum absolute atomic E-state index is 14.1. The van der Waals surface area contributed by atoms with E-state index in [2.05, 4.69) is 0 Å². The number of alkyl halides is 1. The number of aliphatic carboxylic acids is 1. The highest BCUT2D eigenvalue weighted by Crippen LogP contribution is 2.44. The lowest BCUT2D eigenvalue weighted by molar-refractivity contribution is -0.144. The van der Waals surface area contributed by atoms with Crippen molar-refractivity contribution in [3.8, 4) is 0 Å². The molecule has 3 atom stereocenters. The molecule has 2 rings (SSSR count). The summed E-state index contributed by atoms with van der Waals surface area (Å²) in [5, 5.41) is 9.22. The fraction of sp³-hybridized carbons (Fsp3) is 0.500. The molecular formula is C14H17FO2. The Bertz CT molecular complexity index is 400. The third kappa shape index (κ3) is 2.65. The molecule has 3 unspecified atom stereocenters. The van der Waals surface area contributed by atoms with Crippen LogP contribution in [0.1, 0.15) is 37.7 Å². The number of hydrogen-bond donors (Lipinski definition) is 1. The van der Waals surface area contributed by atoms with Gasteiger partial charge in [0.15, 0.2) is 0 Å². The van der Waals surface area contributed by atoms with Gasteiger partial charge in [0.05, 0.1) is 5.92 Å². The van der Waals surface area contributed by atoms with E-state index in [0.29, 0.717) is 19.3 Å². The van der Waals surface area contributed by atoms with Crippen LogP contribution in [0.3, 0.4) is 0 Å². The first-order valence-electron chi connectivity index (χ1n) is 5.96. The highest BCUT2D eigenvalue weighted by atomic mass is 19.1.